The van der Waals surface area contributed by atoms with E-state index < -0.39 is 0 Å². The van der Waals surface area contributed by atoms with Crippen molar-refractivity contribution in [3.63, 3.8) is 0 Å². The van der Waals surface area contributed by atoms with Gasteiger partial charge in [0.15, 0.2) is 0 Å². The number of thioether (sulfide) groups is 1. The number of rotatable bonds is 8. The molecular formula is C16H25N3S2. The van der Waals surface area contributed by atoms with E-state index in [1.807, 2.05) is 0 Å². The summed E-state index contributed by atoms with van der Waals surface area (Å²) in [6.07, 6.45) is 2.67. The Bertz CT molecular complexity index is 500. The summed E-state index contributed by atoms with van der Waals surface area (Å²) in [4.78, 5) is 4.09. The lowest BCUT2D eigenvalue weighted by atomic mass is 10.1. The summed E-state index contributed by atoms with van der Waals surface area (Å²) in [6, 6.07) is 7.50. The molecule has 1 aliphatic carbocycles. The summed E-state index contributed by atoms with van der Waals surface area (Å²) >= 11 is 7.03. The minimum atomic E-state index is 0.470. The van der Waals surface area contributed by atoms with Gasteiger partial charge in [0.25, 0.3) is 0 Å². The lowest BCUT2D eigenvalue weighted by Crippen LogP contribution is -2.36. The third kappa shape index (κ3) is 4.34. The average Bonchev–Trinajstić information content (AvgIpc) is 3.28. The van der Waals surface area contributed by atoms with Gasteiger partial charge in [-0.2, -0.15) is 0 Å². The molecule has 21 heavy (non-hydrogen) atoms. The zero-order valence-corrected chi connectivity index (χ0v) is 14.7. The topological polar surface area (TPSA) is 41.3 Å². The molecule has 2 rings (SSSR count). The smallest absolute Gasteiger partial charge is 0.107 e. The lowest BCUT2D eigenvalue weighted by molar-refractivity contribution is 0.257. The standard InChI is InChI=1S/C16H25N3S2/c1-4-21-14-7-5-6-13(15(14)16(17)20)18-10-11(2)19(3)12-8-9-12/h5-7,11-12,18H,4,8-10H2,1-3H3,(H2,17,20). The second kappa shape index (κ2) is 7.47. The van der Waals surface area contributed by atoms with Gasteiger partial charge in [-0.3, -0.25) is 4.90 Å². The summed E-state index contributed by atoms with van der Waals surface area (Å²) in [7, 11) is 2.21. The van der Waals surface area contributed by atoms with Crippen LogP contribution in [-0.4, -0.2) is 41.3 Å². The van der Waals surface area contributed by atoms with Crippen LogP contribution < -0.4 is 11.1 Å². The van der Waals surface area contributed by atoms with Crippen molar-refractivity contribution in [1.29, 1.82) is 0 Å². The lowest BCUT2D eigenvalue weighted by Gasteiger charge is -2.26. The fraction of sp³-hybridized carbons (Fsp3) is 0.562. The Hall–Kier alpha value is -0.780. The summed E-state index contributed by atoms with van der Waals surface area (Å²) in [5.74, 6) is 1.01. The van der Waals surface area contributed by atoms with Crippen LogP contribution in [0.4, 0.5) is 5.69 Å². The highest BCUT2D eigenvalue weighted by atomic mass is 32.2. The molecule has 0 radical (unpaired) electrons. The van der Waals surface area contributed by atoms with Gasteiger partial charge >= 0.3 is 0 Å². The number of anilines is 1. The molecule has 3 nitrogen and oxygen atoms in total. The van der Waals surface area contributed by atoms with Crippen molar-refractivity contribution in [2.45, 2.75) is 43.7 Å². The van der Waals surface area contributed by atoms with Crippen LogP contribution in [0.2, 0.25) is 0 Å². The monoisotopic (exact) mass is 323 g/mol. The molecule has 0 amide bonds. The van der Waals surface area contributed by atoms with E-state index in [4.69, 9.17) is 18.0 Å². The van der Waals surface area contributed by atoms with E-state index >= 15 is 0 Å². The van der Waals surface area contributed by atoms with Crippen molar-refractivity contribution >= 4 is 34.7 Å². The Balaban J connectivity index is 2.07. The molecule has 1 unspecified atom stereocenters. The third-order valence-corrected chi connectivity index (χ3v) is 5.12. The molecule has 1 saturated carbocycles. The van der Waals surface area contributed by atoms with E-state index in [1.54, 1.807) is 11.8 Å². The number of hydrogen-bond acceptors (Lipinski definition) is 4. The summed E-state index contributed by atoms with van der Waals surface area (Å²) < 4.78 is 0. The van der Waals surface area contributed by atoms with Gasteiger partial charge in [0.1, 0.15) is 4.99 Å². The quantitative estimate of drug-likeness (QED) is 0.567. The molecule has 0 bridgehead atoms. The van der Waals surface area contributed by atoms with Gasteiger partial charge in [-0.25, -0.2) is 0 Å². The molecule has 0 aromatic heterocycles. The number of nitrogens with zero attached hydrogens (tertiary/aromatic N) is 1. The third-order valence-electron chi connectivity index (χ3n) is 3.98. The first-order valence-corrected chi connectivity index (χ1v) is 8.95. The van der Waals surface area contributed by atoms with E-state index in [-0.39, 0.29) is 0 Å². The van der Waals surface area contributed by atoms with Crippen molar-refractivity contribution in [1.82, 2.24) is 4.90 Å². The summed E-state index contributed by atoms with van der Waals surface area (Å²) in [6.45, 7) is 5.31. The molecule has 0 heterocycles. The predicted molar refractivity (Wildman–Crippen MR) is 97.5 cm³/mol. The van der Waals surface area contributed by atoms with Gasteiger partial charge in [0, 0.05) is 34.8 Å². The first-order chi connectivity index (χ1) is 10.0. The van der Waals surface area contributed by atoms with Crippen LogP contribution in [0.1, 0.15) is 32.3 Å². The fourth-order valence-corrected chi connectivity index (χ4v) is 3.59. The van der Waals surface area contributed by atoms with E-state index in [0.717, 1.165) is 29.6 Å². The van der Waals surface area contributed by atoms with Crippen LogP contribution in [0, 0.1) is 0 Å². The number of nitrogens with one attached hydrogen (secondary N) is 1. The molecule has 3 N–H and O–H groups in total. The summed E-state index contributed by atoms with van der Waals surface area (Å²) in [5, 5.41) is 3.53. The van der Waals surface area contributed by atoms with E-state index in [1.165, 1.54) is 17.7 Å². The number of hydrogen-bond donors (Lipinski definition) is 2. The van der Waals surface area contributed by atoms with Crippen LogP contribution in [0.3, 0.4) is 0 Å². The Morgan fingerprint density at radius 2 is 2.24 bits per heavy atom. The fourth-order valence-electron chi connectivity index (χ4n) is 2.45. The molecule has 5 heteroatoms. The Morgan fingerprint density at radius 3 is 2.81 bits per heavy atom. The highest BCUT2D eigenvalue weighted by Gasteiger charge is 2.29. The number of nitrogens with two attached hydrogens (primary N) is 1. The highest BCUT2D eigenvalue weighted by molar-refractivity contribution is 7.99. The molecule has 1 aliphatic rings. The first kappa shape index (κ1) is 16.6. The Morgan fingerprint density at radius 1 is 1.52 bits per heavy atom. The van der Waals surface area contributed by atoms with Crippen LogP contribution in [0.5, 0.6) is 0 Å². The molecule has 116 valence electrons. The van der Waals surface area contributed by atoms with Crippen molar-refractivity contribution in [2.24, 2.45) is 5.73 Å². The van der Waals surface area contributed by atoms with Gasteiger partial charge in [-0.1, -0.05) is 25.2 Å². The van der Waals surface area contributed by atoms with Gasteiger partial charge in [0.05, 0.1) is 0 Å². The van der Waals surface area contributed by atoms with Gasteiger partial charge < -0.3 is 11.1 Å². The SMILES string of the molecule is CCSc1cccc(NCC(C)N(C)C2CC2)c1C(N)=S. The largest absolute Gasteiger partial charge is 0.389 e. The molecule has 0 saturated heterocycles. The first-order valence-electron chi connectivity index (χ1n) is 7.56. The summed E-state index contributed by atoms with van der Waals surface area (Å²) in [5.41, 5.74) is 7.98. The molecule has 1 fully saturated rings. The molecule has 1 aromatic rings. The van der Waals surface area contributed by atoms with Crippen LogP contribution >= 0.6 is 24.0 Å². The second-order valence-electron chi connectivity index (χ2n) is 5.60. The average molecular weight is 324 g/mol. The maximum Gasteiger partial charge on any atom is 0.107 e. The van der Waals surface area contributed by atoms with Gasteiger partial charge in [-0.15, -0.1) is 11.8 Å². The Kier molecular flexibility index (Phi) is 5.90. The molecular weight excluding hydrogens is 298 g/mol. The van der Waals surface area contributed by atoms with Crippen molar-refractivity contribution in [3.8, 4) is 0 Å². The second-order valence-corrected chi connectivity index (χ2v) is 7.35. The predicted octanol–water partition coefficient (Wildman–Crippen LogP) is 3.33. The van der Waals surface area contributed by atoms with Crippen molar-refractivity contribution in [2.75, 3.05) is 24.7 Å². The normalized spacial score (nSPS) is 16.0. The molecule has 1 atom stereocenters. The maximum absolute atomic E-state index is 5.94. The number of benzene rings is 1. The Labute approximate surface area is 137 Å². The zero-order chi connectivity index (χ0) is 15.4. The van der Waals surface area contributed by atoms with Crippen molar-refractivity contribution in [3.05, 3.63) is 23.8 Å². The maximum atomic E-state index is 5.94. The number of likely N-dealkylation sites (N-methyl/N-ethyl adjacent to an activating group) is 1. The minimum absolute atomic E-state index is 0.470. The van der Waals surface area contributed by atoms with Gasteiger partial charge in [0.2, 0.25) is 0 Å². The zero-order valence-electron chi connectivity index (χ0n) is 13.1. The van der Waals surface area contributed by atoms with Crippen LogP contribution in [-0.2, 0) is 0 Å². The van der Waals surface area contributed by atoms with Gasteiger partial charge in [-0.05, 0) is 44.7 Å². The molecule has 0 spiro atoms. The van der Waals surface area contributed by atoms with Crippen LogP contribution in [0.25, 0.3) is 0 Å². The number of thiocarbonyl (C=S) groups is 1. The molecule has 1 aromatic carbocycles. The van der Waals surface area contributed by atoms with E-state index in [2.05, 4.69) is 49.3 Å². The van der Waals surface area contributed by atoms with Crippen LogP contribution in [0.15, 0.2) is 23.1 Å². The van der Waals surface area contributed by atoms with Crippen molar-refractivity contribution < 1.29 is 0 Å². The minimum Gasteiger partial charge on any atom is -0.389 e. The molecule has 0 aliphatic heterocycles. The van der Waals surface area contributed by atoms with E-state index in [9.17, 15) is 0 Å². The van der Waals surface area contributed by atoms with E-state index in [0.29, 0.717) is 11.0 Å². The highest BCUT2D eigenvalue weighted by Crippen LogP contribution is 2.30.